The Balaban J connectivity index is 1.79. The zero-order valence-corrected chi connectivity index (χ0v) is 17.4. The third kappa shape index (κ3) is 6.63. The van der Waals surface area contributed by atoms with Crippen LogP contribution >= 0.6 is 0 Å². The fourth-order valence-corrected chi connectivity index (χ4v) is 3.52. The first-order valence-corrected chi connectivity index (χ1v) is 10.1. The first-order chi connectivity index (χ1) is 12.8. The molecule has 1 aromatic carbocycles. The maximum absolute atomic E-state index is 12.6. The van der Waals surface area contributed by atoms with Gasteiger partial charge >= 0.3 is 0 Å². The molecule has 150 valence electrons. The summed E-state index contributed by atoms with van der Waals surface area (Å²) in [5.41, 5.74) is 2.12. The van der Waals surface area contributed by atoms with Crippen molar-refractivity contribution in [3.05, 3.63) is 29.8 Å². The van der Waals surface area contributed by atoms with Crippen LogP contribution < -0.4 is 20.4 Å². The van der Waals surface area contributed by atoms with E-state index in [1.54, 1.807) is 0 Å². The van der Waals surface area contributed by atoms with E-state index in [0.717, 1.165) is 31.9 Å². The third-order valence-corrected chi connectivity index (χ3v) is 5.31. The number of carbonyl (C=O) groups is 2. The Morgan fingerprint density at radius 1 is 0.963 bits per heavy atom. The molecular weight excluding hydrogens is 340 g/mol. The molecule has 0 aliphatic carbocycles. The lowest BCUT2D eigenvalue weighted by Crippen LogP contribution is -3.30. The van der Waals surface area contributed by atoms with Crippen LogP contribution in [0.5, 0.6) is 0 Å². The molecule has 1 fully saturated rings. The second kappa shape index (κ2) is 9.85. The lowest BCUT2D eigenvalue weighted by molar-refractivity contribution is -1.01. The maximum atomic E-state index is 12.6. The average Bonchev–Trinajstić information content (AvgIpc) is 2.61. The Bertz CT molecular complexity index is 620. The molecule has 4 N–H and O–H groups in total. The number of piperazine rings is 1. The van der Waals surface area contributed by atoms with Gasteiger partial charge in [0.05, 0.1) is 0 Å². The highest BCUT2D eigenvalue weighted by atomic mass is 16.2. The van der Waals surface area contributed by atoms with Gasteiger partial charge in [0, 0.05) is 11.7 Å². The number of carbonyl (C=O) groups excluding carboxylic acids is 2. The zero-order valence-electron chi connectivity index (χ0n) is 17.4. The number of anilines is 1. The topological polar surface area (TPSA) is 67.1 Å². The standard InChI is InChI=1S/C21H34N4O2/c1-15(2)18-6-8-19(9-7-18)23-21(27)17(5)25-12-10-24(11-13-25)14-20(26)22-16(3)4/h6-9,15-17H,10-14H2,1-5H3,(H,22,26)(H,23,27)/p+2/t17-/m0/s1. The summed E-state index contributed by atoms with van der Waals surface area (Å²) in [6.45, 7) is 14.4. The van der Waals surface area contributed by atoms with E-state index in [0.29, 0.717) is 12.5 Å². The molecule has 27 heavy (non-hydrogen) atoms. The number of benzene rings is 1. The van der Waals surface area contributed by atoms with Gasteiger partial charge in [-0.3, -0.25) is 9.59 Å². The maximum Gasteiger partial charge on any atom is 0.282 e. The number of quaternary nitrogens is 2. The highest BCUT2D eigenvalue weighted by molar-refractivity contribution is 5.93. The smallest absolute Gasteiger partial charge is 0.282 e. The van der Waals surface area contributed by atoms with Crippen LogP contribution in [0.15, 0.2) is 24.3 Å². The van der Waals surface area contributed by atoms with E-state index in [1.165, 1.54) is 15.4 Å². The molecule has 1 heterocycles. The molecule has 2 rings (SSSR count). The Labute approximate surface area is 163 Å². The minimum absolute atomic E-state index is 0.0586. The third-order valence-electron chi connectivity index (χ3n) is 5.31. The van der Waals surface area contributed by atoms with Crippen molar-refractivity contribution in [3.8, 4) is 0 Å². The highest BCUT2D eigenvalue weighted by Crippen LogP contribution is 2.17. The van der Waals surface area contributed by atoms with Crippen molar-refractivity contribution in [1.29, 1.82) is 0 Å². The van der Waals surface area contributed by atoms with Crippen molar-refractivity contribution in [3.63, 3.8) is 0 Å². The predicted octanol–water partition coefficient (Wildman–Crippen LogP) is -0.555. The minimum atomic E-state index is -0.0965. The van der Waals surface area contributed by atoms with E-state index in [9.17, 15) is 9.59 Å². The van der Waals surface area contributed by atoms with Gasteiger partial charge in [-0.25, -0.2) is 0 Å². The Morgan fingerprint density at radius 2 is 1.56 bits per heavy atom. The van der Waals surface area contributed by atoms with E-state index in [-0.39, 0.29) is 23.9 Å². The Hall–Kier alpha value is -1.92. The normalized spacial score (nSPS) is 21.1. The van der Waals surface area contributed by atoms with Crippen molar-refractivity contribution >= 4 is 17.5 Å². The lowest BCUT2D eigenvalue weighted by atomic mass is 10.0. The van der Waals surface area contributed by atoms with Crippen molar-refractivity contribution in [2.45, 2.75) is 52.6 Å². The summed E-state index contributed by atoms with van der Waals surface area (Å²) < 4.78 is 0. The van der Waals surface area contributed by atoms with E-state index in [2.05, 4.69) is 36.6 Å². The van der Waals surface area contributed by atoms with E-state index < -0.39 is 0 Å². The molecule has 1 saturated heterocycles. The molecule has 1 aliphatic heterocycles. The largest absolute Gasteiger partial charge is 0.349 e. The van der Waals surface area contributed by atoms with Crippen LogP contribution in [0.4, 0.5) is 5.69 Å². The van der Waals surface area contributed by atoms with Gasteiger partial charge in [-0.2, -0.15) is 0 Å². The Morgan fingerprint density at radius 3 is 2.07 bits per heavy atom. The second-order valence-electron chi connectivity index (χ2n) is 8.29. The minimum Gasteiger partial charge on any atom is -0.349 e. The zero-order chi connectivity index (χ0) is 20.0. The summed E-state index contributed by atoms with van der Waals surface area (Å²) in [5.74, 6) is 0.655. The average molecular weight is 377 g/mol. The number of amides is 2. The molecular formula is C21H36N4O2+2. The highest BCUT2D eigenvalue weighted by Gasteiger charge is 2.31. The van der Waals surface area contributed by atoms with Crippen LogP contribution in [0, 0.1) is 0 Å². The molecule has 2 amide bonds. The van der Waals surface area contributed by atoms with Crippen molar-refractivity contribution in [1.82, 2.24) is 5.32 Å². The summed E-state index contributed by atoms with van der Waals surface area (Å²) in [6.07, 6.45) is 0. The van der Waals surface area contributed by atoms with Gasteiger partial charge in [0.1, 0.15) is 26.2 Å². The van der Waals surface area contributed by atoms with Crippen molar-refractivity contribution in [2.75, 3.05) is 38.0 Å². The number of nitrogens with one attached hydrogen (secondary N) is 4. The molecule has 6 nitrogen and oxygen atoms in total. The van der Waals surface area contributed by atoms with E-state index in [1.807, 2.05) is 32.9 Å². The summed E-state index contributed by atoms with van der Waals surface area (Å²) in [7, 11) is 0. The molecule has 0 unspecified atom stereocenters. The van der Waals surface area contributed by atoms with Crippen LogP contribution in [0.25, 0.3) is 0 Å². The second-order valence-corrected chi connectivity index (χ2v) is 8.29. The predicted molar refractivity (Wildman–Crippen MR) is 108 cm³/mol. The number of hydrogen-bond donors (Lipinski definition) is 4. The van der Waals surface area contributed by atoms with Crippen molar-refractivity contribution < 1.29 is 19.4 Å². The summed E-state index contributed by atoms with van der Waals surface area (Å²) in [6, 6.07) is 8.18. The number of hydrogen-bond acceptors (Lipinski definition) is 2. The van der Waals surface area contributed by atoms with Crippen LogP contribution in [0.2, 0.25) is 0 Å². The molecule has 1 aromatic rings. The van der Waals surface area contributed by atoms with Crippen LogP contribution in [0.3, 0.4) is 0 Å². The first kappa shape index (κ1) is 21.4. The summed E-state index contributed by atoms with van der Waals surface area (Å²) in [5, 5.41) is 5.99. The fourth-order valence-electron chi connectivity index (χ4n) is 3.52. The summed E-state index contributed by atoms with van der Waals surface area (Å²) >= 11 is 0. The first-order valence-electron chi connectivity index (χ1n) is 10.1. The van der Waals surface area contributed by atoms with Crippen molar-refractivity contribution in [2.24, 2.45) is 0 Å². The van der Waals surface area contributed by atoms with Crippen LogP contribution in [-0.4, -0.2) is 56.6 Å². The van der Waals surface area contributed by atoms with Gasteiger partial charge in [-0.15, -0.1) is 0 Å². The van der Waals surface area contributed by atoms with Gasteiger partial charge in [0.25, 0.3) is 11.8 Å². The lowest BCUT2D eigenvalue weighted by Gasteiger charge is -2.32. The molecule has 0 aromatic heterocycles. The van der Waals surface area contributed by atoms with Gasteiger partial charge in [-0.05, 0) is 44.4 Å². The van der Waals surface area contributed by atoms with Gasteiger partial charge in [0.2, 0.25) is 0 Å². The monoisotopic (exact) mass is 376 g/mol. The molecule has 1 aliphatic rings. The molecule has 0 spiro atoms. The van der Waals surface area contributed by atoms with Crippen LogP contribution in [0.1, 0.15) is 46.1 Å². The van der Waals surface area contributed by atoms with Gasteiger partial charge in [-0.1, -0.05) is 26.0 Å². The van der Waals surface area contributed by atoms with Crippen LogP contribution in [-0.2, 0) is 9.59 Å². The molecule has 0 saturated carbocycles. The quantitative estimate of drug-likeness (QED) is 0.516. The SMILES string of the molecule is CC(C)NC(=O)C[NH+]1CC[NH+]([C@@H](C)C(=O)Nc2ccc(C(C)C)cc2)CC1. The molecule has 1 atom stereocenters. The summed E-state index contributed by atoms with van der Waals surface area (Å²) in [4.78, 5) is 27.1. The number of rotatable bonds is 7. The van der Waals surface area contributed by atoms with Gasteiger partial charge < -0.3 is 20.4 Å². The van der Waals surface area contributed by atoms with Gasteiger partial charge in [0.15, 0.2) is 12.6 Å². The van der Waals surface area contributed by atoms with E-state index in [4.69, 9.17) is 0 Å². The molecule has 6 heteroatoms. The van der Waals surface area contributed by atoms with E-state index >= 15 is 0 Å². The Kier molecular flexibility index (Phi) is 7.80. The fraction of sp³-hybridized carbons (Fsp3) is 0.619. The molecule has 0 bridgehead atoms. The molecule has 0 radical (unpaired) electrons.